The summed E-state index contributed by atoms with van der Waals surface area (Å²) >= 11 is 0. The summed E-state index contributed by atoms with van der Waals surface area (Å²) in [5.74, 6) is -1.14. The molecule has 33 heavy (non-hydrogen) atoms. The van der Waals surface area contributed by atoms with Crippen molar-refractivity contribution < 1.29 is 19.4 Å². The fraction of sp³-hybridized carbons (Fsp3) is 0.731. The summed E-state index contributed by atoms with van der Waals surface area (Å²) in [5.41, 5.74) is 6.85. The van der Waals surface area contributed by atoms with E-state index in [1.165, 1.54) is 38.5 Å². The number of ether oxygens (including phenoxy) is 1. The molecule has 1 aliphatic heterocycles. The van der Waals surface area contributed by atoms with Crippen molar-refractivity contribution in [1.82, 2.24) is 9.55 Å². The number of nitrogens with zero attached hydrogens (tertiary/aromatic N) is 2. The van der Waals surface area contributed by atoms with Gasteiger partial charge in [0, 0.05) is 13.0 Å². The molecule has 7 heteroatoms. The highest BCUT2D eigenvalue weighted by Gasteiger charge is 2.23. The number of hydrogen-bond donors (Lipinski definition) is 2. The van der Waals surface area contributed by atoms with E-state index < -0.39 is 11.9 Å². The van der Waals surface area contributed by atoms with Gasteiger partial charge in [0.1, 0.15) is 11.9 Å². The number of allylic oxidation sites excluding steroid dienone is 2. The Balaban J connectivity index is 1.46. The Morgan fingerprint density at radius 2 is 1.61 bits per heavy atom. The fourth-order valence-electron chi connectivity index (χ4n) is 4.43. The van der Waals surface area contributed by atoms with Crippen molar-refractivity contribution >= 4 is 11.9 Å². The van der Waals surface area contributed by atoms with Crippen LogP contribution in [-0.4, -0.2) is 33.1 Å². The highest BCUT2D eigenvalue weighted by Crippen LogP contribution is 2.26. The van der Waals surface area contributed by atoms with Gasteiger partial charge in [-0.05, 0) is 57.8 Å². The predicted octanol–water partition coefficient (Wildman–Crippen LogP) is 5.94. The number of amides is 1. The van der Waals surface area contributed by atoms with Crippen LogP contribution < -0.4 is 5.73 Å². The summed E-state index contributed by atoms with van der Waals surface area (Å²) in [4.78, 5) is 26.4. The van der Waals surface area contributed by atoms with Crippen LogP contribution >= 0.6 is 0 Å². The molecule has 1 amide bonds. The summed E-state index contributed by atoms with van der Waals surface area (Å²) in [6.45, 7) is 0.763. The Labute approximate surface area is 198 Å². The maximum absolute atomic E-state index is 11.7. The van der Waals surface area contributed by atoms with E-state index in [9.17, 15) is 9.59 Å². The lowest BCUT2D eigenvalue weighted by Gasteiger charge is -2.15. The minimum Gasteiger partial charge on any atom is -0.481 e. The molecule has 1 aliphatic rings. The molecule has 1 aromatic heterocycles. The third kappa shape index (κ3) is 11.0. The van der Waals surface area contributed by atoms with E-state index in [4.69, 9.17) is 15.6 Å². The topological polar surface area (TPSA) is 107 Å². The second-order valence-corrected chi connectivity index (χ2v) is 9.11. The van der Waals surface area contributed by atoms with Gasteiger partial charge >= 0.3 is 5.97 Å². The largest absolute Gasteiger partial charge is 0.481 e. The highest BCUT2D eigenvalue weighted by molar-refractivity contribution is 5.92. The molecule has 1 unspecified atom stereocenters. The number of carboxylic acid groups (broad SMARTS) is 1. The molecule has 186 valence electrons. The molecule has 1 saturated heterocycles. The summed E-state index contributed by atoms with van der Waals surface area (Å²) in [6.07, 6.45) is 24.2. The zero-order valence-electron chi connectivity index (χ0n) is 20.2. The molecule has 1 atom stereocenters. The van der Waals surface area contributed by atoms with Crippen LogP contribution in [0.25, 0.3) is 0 Å². The Bertz CT molecular complexity index is 723. The van der Waals surface area contributed by atoms with Gasteiger partial charge in [0.2, 0.25) is 0 Å². The third-order valence-corrected chi connectivity index (χ3v) is 6.31. The van der Waals surface area contributed by atoms with Gasteiger partial charge in [0.15, 0.2) is 0 Å². The van der Waals surface area contributed by atoms with Crippen molar-refractivity contribution in [3.8, 4) is 0 Å². The molecule has 0 spiro atoms. The number of carbonyl (C=O) groups is 2. The molecule has 0 bridgehead atoms. The lowest BCUT2D eigenvalue weighted by atomic mass is 10.1. The van der Waals surface area contributed by atoms with Crippen LogP contribution in [0.1, 0.15) is 125 Å². The fourth-order valence-corrected chi connectivity index (χ4v) is 4.43. The number of nitrogens with two attached hydrogens (primary N) is 1. The van der Waals surface area contributed by atoms with Crippen molar-refractivity contribution in [3.05, 3.63) is 29.9 Å². The van der Waals surface area contributed by atoms with E-state index in [1.807, 2.05) is 4.57 Å². The Hall–Kier alpha value is -2.15. The summed E-state index contributed by atoms with van der Waals surface area (Å²) < 4.78 is 7.77. The minimum atomic E-state index is -0.685. The van der Waals surface area contributed by atoms with E-state index in [2.05, 4.69) is 17.1 Å². The van der Waals surface area contributed by atoms with E-state index in [0.717, 1.165) is 76.5 Å². The number of primary amides is 1. The van der Waals surface area contributed by atoms with Gasteiger partial charge in [-0.1, -0.05) is 57.1 Å². The minimum absolute atomic E-state index is 0.00234. The van der Waals surface area contributed by atoms with E-state index in [1.54, 1.807) is 6.33 Å². The number of carboxylic acids is 1. The standard InChI is InChI=1S/C26H43N3O4/c27-26(32)25-22(29(21-28-25)23-18-16-20-33-23)17-14-12-10-8-6-4-2-1-3-5-7-9-11-13-15-19-24(30)31/h1,3,21,23H,2,4-20H2,(H2,27,32)(H,30,31)/b3-1-. The average molecular weight is 462 g/mol. The SMILES string of the molecule is NC(=O)c1ncn(C2CCCO2)c1CCCCCCCC/C=C\CCCCCCCC(=O)O. The van der Waals surface area contributed by atoms with Crippen molar-refractivity contribution in [3.63, 3.8) is 0 Å². The molecular formula is C26H43N3O4. The second kappa shape index (κ2) is 16.5. The molecule has 0 radical (unpaired) electrons. The van der Waals surface area contributed by atoms with Gasteiger partial charge in [0.05, 0.1) is 12.0 Å². The summed E-state index contributed by atoms with van der Waals surface area (Å²) in [7, 11) is 0. The number of rotatable bonds is 19. The quantitative estimate of drug-likeness (QED) is 0.196. The van der Waals surface area contributed by atoms with Crippen LogP contribution in [-0.2, 0) is 16.0 Å². The number of aromatic nitrogens is 2. The average Bonchev–Trinajstić information content (AvgIpc) is 3.45. The van der Waals surface area contributed by atoms with E-state index >= 15 is 0 Å². The van der Waals surface area contributed by atoms with Crippen LogP contribution in [0.5, 0.6) is 0 Å². The first-order valence-electron chi connectivity index (χ1n) is 12.9. The number of imidazole rings is 1. The lowest BCUT2D eigenvalue weighted by molar-refractivity contribution is -0.137. The van der Waals surface area contributed by atoms with Crippen LogP contribution in [0.4, 0.5) is 0 Å². The smallest absolute Gasteiger partial charge is 0.303 e. The van der Waals surface area contributed by atoms with Crippen molar-refractivity contribution in [2.45, 2.75) is 115 Å². The Kier molecular flexibility index (Phi) is 13.5. The van der Waals surface area contributed by atoms with Crippen molar-refractivity contribution in [2.24, 2.45) is 5.73 Å². The molecule has 0 saturated carbocycles. The summed E-state index contributed by atoms with van der Waals surface area (Å²) in [6, 6.07) is 0. The monoisotopic (exact) mass is 461 g/mol. The van der Waals surface area contributed by atoms with Gasteiger partial charge < -0.3 is 20.1 Å². The zero-order valence-corrected chi connectivity index (χ0v) is 20.2. The first kappa shape index (κ1) is 27.1. The molecule has 2 rings (SSSR count). The molecule has 7 nitrogen and oxygen atoms in total. The van der Waals surface area contributed by atoms with Gasteiger partial charge in [-0.25, -0.2) is 4.98 Å². The summed E-state index contributed by atoms with van der Waals surface area (Å²) in [5, 5.41) is 8.60. The van der Waals surface area contributed by atoms with Gasteiger partial charge in [-0.3, -0.25) is 9.59 Å². The van der Waals surface area contributed by atoms with Crippen molar-refractivity contribution in [2.75, 3.05) is 6.61 Å². The lowest BCUT2D eigenvalue weighted by Crippen LogP contribution is -2.17. The van der Waals surface area contributed by atoms with Gasteiger partial charge in [-0.2, -0.15) is 0 Å². The number of hydrogen-bond acceptors (Lipinski definition) is 4. The van der Waals surface area contributed by atoms with Crippen molar-refractivity contribution in [1.29, 1.82) is 0 Å². The third-order valence-electron chi connectivity index (χ3n) is 6.31. The molecule has 2 heterocycles. The van der Waals surface area contributed by atoms with Gasteiger partial charge in [-0.15, -0.1) is 0 Å². The van der Waals surface area contributed by atoms with E-state index in [0.29, 0.717) is 12.1 Å². The van der Waals surface area contributed by atoms with Crippen LogP contribution in [0, 0.1) is 0 Å². The normalized spacial score (nSPS) is 16.1. The molecule has 1 aromatic rings. The first-order chi connectivity index (χ1) is 16.1. The molecular weight excluding hydrogens is 418 g/mol. The van der Waals surface area contributed by atoms with Crippen LogP contribution in [0.15, 0.2) is 18.5 Å². The second-order valence-electron chi connectivity index (χ2n) is 9.11. The van der Waals surface area contributed by atoms with Crippen LogP contribution in [0.3, 0.4) is 0 Å². The molecule has 3 N–H and O–H groups in total. The number of aliphatic carboxylic acids is 1. The molecule has 0 aromatic carbocycles. The zero-order chi connectivity index (χ0) is 23.7. The number of unbranched alkanes of at least 4 members (excludes halogenated alkanes) is 11. The Morgan fingerprint density at radius 1 is 1.00 bits per heavy atom. The molecule has 1 fully saturated rings. The maximum Gasteiger partial charge on any atom is 0.303 e. The highest BCUT2D eigenvalue weighted by atomic mass is 16.5. The van der Waals surface area contributed by atoms with E-state index in [-0.39, 0.29) is 6.23 Å². The molecule has 0 aliphatic carbocycles. The van der Waals surface area contributed by atoms with Crippen LogP contribution in [0.2, 0.25) is 0 Å². The number of carbonyl (C=O) groups excluding carboxylic acids is 1. The van der Waals surface area contributed by atoms with Gasteiger partial charge in [0.25, 0.3) is 5.91 Å². The predicted molar refractivity (Wildman–Crippen MR) is 130 cm³/mol. The Morgan fingerprint density at radius 3 is 2.18 bits per heavy atom. The first-order valence-corrected chi connectivity index (χ1v) is 12.9. The maximum atomic E-state index is 11.7.